The maximum absolute atomic E-state index is 12.2. The van der Waals surface area contributed by atoms with E-state index in [0.717, 1.165) is 19.4 Å². The van der Waals surface area contributed by atoms with Gasteiger partial charge in [-0.2, -0.15) is 0 Å². The number of carboxylic acids is 1. The molecule has 1 amide bonds. The van der Waals surface area contributed by atoms with Crippen LogP contribution in [0.1, 0.15) is 26.7 Å². The third kappa shape index (κ3) is 2.97. The molecule has 0 aromatic carbocycles. The summed E-state index contributed by atoms with van der Waals surface area (Å²) in [6, 6.07) is 0.149. The van der Waals surface area contributed by atoms with Gasteiger partial charge in [0.15, 0.2) is 0 Å². The predicted octanol–water partition coefficient (Wildman–Crippen LogP) is 0.650. The molecule has 0 spiro atoms. The van der Waals surface area contributed by atoms with Crippen molar-refractivity contribution in [1.29, 1.82) is 0 Å². The molecular formula is C12H22N2O3. The number of carbonyl (C=O) groups excluding carboxylic acids is 1. The Morgan fingerprint density at radius 2 is 2.00 bits per heavy atom. The number of likely N-dealkylation sites (N-methyl/N-ethyl adjacent to an activating group) is 1. The summed E-state index contributed by atoms with van der Waals surface area (Å²) < 4.78 is 0. The summed E-state index contributed by atoms with van der Waals surface area (Å²) in [5.41, 5.74) is -1.32. The molecule has 0 bridgehead atoms. The minimum Gasteiger partial charge on any atom is -0.480 e. The summed E-state index contributed by atoms with van der Waals surface area (Å²) in [5, 5.41) is 9.08. The maximum atomic E-state index is 12.2. The Kier molecular flexibility index (Phi) is 4.14. The fourth-order valence-electron chi connectivity index (χ4n) is 2.16. The van der Waals surface area contributed by atoms with Crippen LogP contribution >= 0.6 is 0 Å². The summed E-state index contributed by atoms with van der Waals surface area (Å²) in [6.07, 6.45) is 1.92. The SMILES string of the molecule is CN(C)CC1CCCN1C(=O)C(C)(C)C(=O)O. The van der Waals surface area contributed by atoms with Crippen molar-refractivity contribution in [3.8, 4) is 0 Å². The molecule has 1 saturated heterocycles. The van der Waals surface area contributed by atoms with Gasteiger partial charge < -0.3 is 14.9 Å². The van der Waals surface area contributed by atoms with Crippen molar-refractivity contribution in [3.63, 3.8) is 0 Å². The third-order valence-corrected chi connectivity index (χ3v) is 3.28. The van der Waals surface area contributed by atoms with Gasteiger partial charge in [0.25, 0.3) is 0 Å². The van der Waals surface area contributed by atoms with Crippen LogP contribution in [0.5, 0.6) is 0 Å². The second-order valence-corrected chi connectivity index (χ2v) is 5.49. The van der Waals surface area contributed by atoms with Crippen LogP contribution in [0, 0.1) is 5.41 Å². The molecule has 0 aromatic heterocycles. The second kappa shape index (κ2) is 5.04. The van der Waals surface area contributed by atoms with Crippen molar-refractivity contribution >= 4 is 11.9 Å². The van der Waals surface area contributed by atoms with Crippen molar-refractivity contribution in [3.05, 3.63) is 0 Å². The molecule has 0 saturated carbocycles. The Morgan fingerprint density at radius 1 is 1.41 bits per heavy atom. The smallest absolute Gasteiger partial charge is 0.318 e. The summed E-state index contributed by atoms with van der Waals surface area (Å²) >= 11 is 0. The molecule has 98 valence electrons. The normalized spacial score (nSPS) is 21.0. The average Bonchev–Trinajstić information content (AvgIpc) is 2.63. The highest BCUT2D eigenvalue weighted by Gasteiger charge is 2.42. The van der Waals surface area contributed by atoms with E-state index in [1.807, 2.05) is 19.0 Å². The van der Waals surface area contributed by atoms with Gasteiger partial charge in [-0.05, 0) is 40.8 Å². The molecule has 0 aromatic rings. The number of rotatable bonds is 4. The molecule has 5 heteroatoms. The predicted molar refractivity (Wildman–Crippen MR) is 64.7 cm³/mol. The number of hydrogen-bond donors (Lipinski definition) is 1. The van der Waals surface area contributed by atoms with E-state index in [-0.39, 0.29) is 11.9 Å². The quantitative estimate of drug-likeness (QED) is 0.735. The summed E-state index contributed by atoms with van der Waals surface area (Å²) in [7, 11) is 3.92. The van der Waals surface area contributed by atoms with Crippen LogP contribution in [0.2, 0.25) is 0 Å². The summed E-state index contributed by atoms with van der Waals surface area (Å²) in [4.78, 5) is 27.1. The van der Waals surface area contributed by atoms with Crippen LogP contribution in [-0.2, 0) is 9.59 Å². The topological polar surface area (TPSA) is 60.9 Å². The van der Waals surface area contributed by atoms with Crippen molar-refractivity contribution in [1.82, 2.24) is 9.80 Å². The molecule has 1 unspecified atom stereocenters. The van der Waals surface area contributed by atoms with Gasteiger partial charge >= 0.3 is 5.97 Å². The van der Waals surface area contributed by atoms with E-state index in [9.17, 15) is 9.59 Å². The number of carbonyl (C=O) groups is 2. The van der Waals surface area contributed by atoms with Gasteiger partial charge in [0.2, 0.25) is 5.91 Å². The monoisotopic (exact) mass is 242 g/mol. The molecule has 1 fully saturated rings. The first-order chi connectivity index (χ1) is 7.76. The van der Waals surface area contributed by atoms with Crippen molar-refractivity contribution < 1.29 is 14.7 Å². The molecule has 1 rings (SSSR count). The number of aliphatic carboxylic acids is 1. The van der Waals surface area contributed by atoms with E-state index < -0.39 is 11.4 Å². The first-order valence-electron chi connectivity index (χ1n) is 5.96. The highest BCUT2D eigenvalue weighted by Crippen LogP contribution is 2.26. The van der Waals surface area contributed by atoms with Gasteiger partial charge in [-0.25, -0.2) is 0 Å². The van der Waals surface area contributed by atoms with E-state index in [0.29, 0.717) is 6.54 Å². The van der Waals surface area contributed by atoms with Crippen molar-refractivity contribution in [2.45, 2.75) is 32.7 Å². The third-order valence-electron chi connectivity index (χ3n) is 3.28. The molecule has 5 nitrogen and oxygen atoms in total. The van der Waals surface area contributed by atoms with E-state index in [1.54, 1.807) is 4.90 Å². The molecule has 1 aliphatic heterocycles. The molecule has 0 aliphatic carbocycles. The van der Waals surface area contributed by atoms with Crippen LogP contribution in [-0.4, -0.2) is 60.0 Å². The Labute approximate surface area is 102 Å². The van der Waals surface area contributed by atoms with Crippen LogP contribution < -0.4 is 0 Å². The van der Waals surface area contributed by atoms with Crippen LogP contribution in [0.25, 0.3) is 0 Å². The van der Waals surface area contributed by atoms with Crippen molar-refractivity contribution in [2.24, 2.45) is 5.41 Å². The molecule has 1 N–H and O–H groups in total. The second-order valence-electron chi connectivity index (χ2n) is 5.49. The zero-order valence-corrected chi connectivity index (χ0v) is 11.1. The minimum absolute atomic E-state index is 0.149. The molecule has 1 aliphatic rings. The Bertz CT molecular complexity index is 313. The number of carboxylic acid groups (broad SMARTS) is 1. The first-order valence-corrected chi connectivity index (χ1v) is 5.96. The lowest BCUT2D eigenvalue weighted by Crippen LogP contribution is -2.49. The standard InChI is InChI=1S/C12H22N2O3/c1-12(2,11(16)17)10(15)14-7-5-6-9(14)8-13(3)4/h9H,5-8H2,1-4H3,(H,16,17). The zero-order valence-electron chi connectivity index (χ0n) is 11.1. The number of amides is 1. The van der Waals surface area contributed by atoms with Gasteiger partial charge in [-0.3, -0.25) is 9.59 Å². The van der Waals surface area contributed by atoms with Gasteiger partial charge in [0, 0.05) is 19.1 Å². The number of nitrogens with zero attached hydrogens (tertiary/aromatic N) is 2. The maximum Gasteiger partial charge on any atom is 0.318 e. The number of likely N-dealkylation sites (tertiary alicyclic amines) is 1. The molecule has 1 heterocycles. The lowest BCUT2D eigenvalue weighted by molar-refractivity contribution is -0.158. The molecule has 0 radical (unpaired) electrons. The van der Waals surface area contributed by atoms with Gasteiger partial charge in [0.1, 0.15) is 5.41 Å². The van der Waals surface area contributed by atoms with Gasteiger partial charge in [0.05, 0.1) is 0 Å². The van der Waals surface area contributed by atoms with E-state index >= 15 is 0 Å². The average molecular weight is 242 g/mol. The molecule has 1 atom stereocenters. The fraction of sp³-hybridized carbons (Fsp3) is 0.833. The van der Waals surface area contributed by atoms with E-state index in [2.05, 4.69) is 0 Å². The highest BCUT2D eigenvalue weighted by molar-refractivity contribution is 6.01. The first kappa shape index (κ1) is 14.0. The van der Waals surface area contributed by atoms with Crippen LogP contribution in [0.4, 0.5) is 0 Å². The number of hydrogen-bond acceptors (Lipinski definition) is 3. The van der Waals surface area contributed by atoms with Crippen LogP contribution in [0.15, 0.2) is 0 Å². The lowest BCUT2D eigenvalue weighted by atomic mass is 9.91. The fourth-order valence-corrected chi connectivity index (χ4v) is 2.16. The summed E-state index contributed by atoms with van der Waals surface area (Å²) in [6.45, 7) is 4.42. The Balaban J connectivity index is 2.78. The largest absolute Gasteiger partial charge is 0.480 e. The summed E-state index contributed by atoms with van der Waals surface area (Å²) in [5.74, 6) is -1.33. The zero-order chi connectivity index (χ0) is 13.2. The molecule has 17 heavy (non-hydrogen) atoms. The Hall–Kier alpha value is -1.10. The highest BCUT2D eigenvalue weighted by atomic mass is 16.4. The van der Waals surface area contributed by atoms with Gasteiger partial charge in [-0.15, -0.1) is 0 Å². The minimum atomic E-state index is -1.32. The molecular weight excluding hydrogens is 220 g/mol. The van der Waals surface area contributed by atoms with Crippen molar-refractivity contribution in [2.75, 3.05) is 27.2 Å². The van der Waals surface area contributed by atoms with Crippen LogP contribution in [0.3, 0.4) is 0 Å². The van der Waals surface area contributed by atoms with Gasteiger partial charge in [-0.1, -0.05) is 0 Å². The Morgan fingerprint density at radius 3 is 2.47 bits per heavy atom. The van der Waals surface area contributed by atoms with E-state index in [4.69, 9.17) is 5.11 Å². The lowest BCUT2D eigenvalue weighted by Gasteiger charge is -2.32. The van der Waals surface area contributed by atoms with E-state index in [1.165, 1.54) is 13.8 Å².